The zero-order valence-corrected chi connectivity index (χ0v) is 22.8. The number of hydrogen-bond donors (Lipinski definition) is 3. The van der Waals surface area contributed by atoms with E-state index >= 15 is 0 Å². The molecule has 1 amide bonds. The summed E-state index contributed by atoms with van der Waals surface area (Å²) < 4.78 is 111. The summed E-state index contributed by atoms with van der Waals surface area (Å²) in [4.78, 5) is 12.7. The molecule has 0 aromatic heterocycles. The van der Waals surface area contributed by atoms with E-state index in [9.17, 15) is 39.6 Å². The van der Waals surface area contributed by atoms with Gasteiger partial charge in [0.2, 0.25) is 15.9 Å². The Bertz CT molecular complexity index is 1250. The van der Waals surface area contributed by atoms with Gasteiger partial charge in [0, 0.05) is 24.3 Å². The molecule has 0 bridgehead atoms. The molecule has 0 radical (unpaired) electrons. The normalized spacial score (nSPS) is 16.5. The van der Waals surface area contributed by atoms with Crippen molar-refractivity contribution >= 4 is 21.6 Å². The second-order valence-electron chi connectivity index (χ2n) is 9.80. The zero-order chi connectivity index (χ0) is 30.3. The Hall–Kier alpha value is -3.20. The molecule has 2 unspecified atom stereocenters. The first-order chi connectivity index (χ1) is 19.1. The van der Waals surface area contributed by atoms with Crippen molar-refractivity contribution in [3.05, 3.63) is 48.5 Å². The number of ether oxygens (including phenoxy) is 2. The Labute approximate surface area is 233 Å². The van der Waals surface area contributed by atoms with Gasteiger partial charge in [0.05, 0.1) is 4.90 Å². The summed E-state index contributed by atoms with van der Waals surface area (Å²) in [6.45, 7) is 1.81. The van der Waals surface area contributed by atoms with Gasteiger partial charge >= 0.3 is 12.7 Å². The van der Waals surface area contributed by atoms with Gasteiger partial charge in [-0.1, -0.05) is 38.2 Å². The number of hydrogen-bond acceptors (Lipinski definition) is 6. The van der Waals surface area contributed by atoms with Crippen LogP contribution in [-0.2, 0) is 14.8 Å². The summed E-state index contributed by atoms with van der Waals surface area (Å²) >= 11 is 0. The quantitative estimate of drug-likeness (QED) is 0.265. The van der Waals surface area contributed by atoms with Gasteiger partial charge in [-0.05, 0) is 55.7 Å². The fourth-order valence-corrected chi connectivity index (χ4v) is 5.74. The van der Waals surface area contributed by atoms with Gasteiger partial charge in [-0.2, -0.15) is 4.72 Å². The highest BCUT2D eigenvalue weighted by molar-refractivity contribution is 7.89. The average Bonchev–Trinajstić information content (AvgIpc) is 2.86. The number of sulfonamides is 1. The number of rotatable bonds is 12. The maximum absolute atomic E-state index is 13.2. The third kappa shape index (κ3) is 11.3. The van der Waals surface area contributed by atoms with Crippen LogP contribution in [0.3, 0.4) is 0 Å². The van der Waals surface area contributed by atoms with Crippen LogP contribution in [0.2, 0.25) is 0 Å². The molecule has 15 heteroatoms. The van der Waals surface area contributed by atoms with Gasteiger partial charge in [0.15, 0.2) is 0 Å². The minimum atomic E-state index is -5.01. The molecule has 1 saturated carbocycles. The van der Waals surface area contributed by atoms with E-state index in [0.717, 1.165) is 68.5 Å². The fourth-order valence-electron chi connectivity index (χ4n) is 4.50. The Balaban J connectivity index is 1.66. The van der Waals surface area contributed by atoms with Crippen molar-refractivity contribution in [2.24, 2.45) is 5.92 Å². The van der Waals surface area contributed by atoms with E-state index in [1.54, 1.807) is 6.92 Å². The lowest BCUT2D eigenvalue weighted by atomic mass is 9.85. The average molecular weight is 612 g/mol. The van der Waals surface area contributed by atoms with Gasteiger partial charge in [-0.25, -0.2) is 8.42 Å². The van der Waals surface area contributed by atoms with E-state index in [2.05, 4.69) is 24.8 Å². The summed E-state index contributed by atoms with van der Waals surface area (Å²) in [5.41, 5.74) is 0.459. The van der Waals surface area contributed by atoms with Crippen molar-refractivity contribution in [1.29, 1.82) is 0 Å². The highest BCUT2D eigenvalue weighted by Gasteiger charge is 2.33. The van der Waals surface area contributed by atoms with E-state index in [-0.39, 0.29) is 18.9 Å². The zero-order valence-electron chi connectivity index (χ0n) is 22.0. The van der Waals surface area contributed by atoms with Crippen molar-refractivity contribution in [2.45, 2.75) is 75.2 Å². The largest absolute Gasteiger partial charge is 0.573 e. The second kappa shape index (κ2) is 13.6. The van der Waals surface area contributed by atoms with Crippen molar-refractivity contribution in [2.75, 3.05) is 11.9 Å². The Morgan fingerprint density at radius 2 is 1.54 bits per heavy atom. The molecule has 2 atom stereocenters. The van der Waals surface area contributed by atoms with E-state index in [1.165, 1.54) is 12.1 Å². The molecular weight excluding hydrogens is 580 g/mol. The van der Waals surface area contributed by atoms with Crippen LogP contribution in [0, 0.1) is 5.92 Å². The van der Waals surface area contributed by atoms with Crippen LogP contribution in [0.4, 0.5) is 32.0 Å². The molecule has 1 fully saturated rings. The highest BCUT2D eigenvalue weighted by atomic mass is 32.2. The summed E-state index contributed by atoms with van der Waals surface area (Å²) in [5.74, 6) is -1.65. The summed E-state index contributed by atoms with van der Waals surface area (Å²) in [5, 5.41) is 5.69. The van der Waals surface area contributed by atoms with Crippen LogP contribution in [-0.4, -0.2) is 45.7 Å². The molecule has 228 valence electrons. The SMILES string of the molecule is CC(CNc1ccc(OC(F)(F)F)cc1)NC(=O)C(CC1CCCCC1)NS(=O)(=O)c1cccc(OC(F)(F)F)c1. The number of carbonyl (C=O) groups is 1. The number of anilines is 1. The molecule has 0 saturated heterocycles. The molecule has 3 rings (SSSR count). The van der Waals surface area contributed by atoms with Gasteiger partial charge < -0.3 is 20.1 Å². The predicted octanol–water partition coefficient (Wildman–Crippen LogP) is 5.72. The first kappa shape index (κ1) is 32.3. The monoisotopic (exact) mass is 611 g/mol. The Morgan fingerprint density at radius 1 is 0.927 bits per heavy atom. The fraction of sp³-hybridized carbons (Fsp3) is 0.500. The highest BCUT2D eigenvalue weighted by Crippen LogP contribution is 2.29. The Morgan fingerprint density at radius 3 is 2.15 bits per heavy atom. The molecule has 8 nitrogen and oxygen atoms in total. The smallest absolute Gasteiger partial charge is 0.406 e. The number of halogens is 6. The van der Waals surface area contributed by atoms with Crippen LogP contribution in [0.25, 0.3) is 0 Å². The van der Waals surface area contributed by atoms with Gasteiger partial charge in [-0.3, -0.25) is 4.79 Å². The molecular formula is C26H31F6N3O5S. The topological polar surface area (TPSA) is 106 Å². The van der Waals surface area contributed by atoms with Gasteiger partial charge in [0.25, 0.3) is 0 Å². The number of benzene rings is 2. The number of alkyl halides is 6. The molecule has 3 N–H and O–H groups in total. The third-order valence-electron chi connectivity index (χ3n) is 6.35. The van der Waals surface area contributed by atoms with Crippen molar-refractivity contribution < 1.29 is 49.0 Å². The molecule has 1 aliphatic rings. The standard InChI is InChI=1S/C26H31F6N3O5S/c1-17(16-33-19-10-12-20(13-11-19)39-25(27,28)29)34-24(36)23(14-18-6-3-2-4-7-18)35-41(37,38)22-9-5-8-21(15-22)40-26(30,31)32/h5,8-13,15,17-18,23,33,35H,2-4,6-7,14,16H2,1H3,(H,34,36). The number of nitrogens with one attached hydrogen (secondary N) is 3. The Kier molecular flexibility index (Phi) is 10.8. The maximum Gasteiger partial charge on any atom is 0.573 e. The van der Waals surface area contributed by atoms with Crippen molar-refractivity contribution in [1.82, 2.24) is 10.0 Å². The molecule has 1 aliphatic carbocycles. The summed E-state index contributed by atoms with van der Waals surface area (Å²) in [6.07, 6.45) is -5.09. The van der Waals surface area contributed by atoms with Crippen LogP contribution < -0.4 is 24.8 Å². The van der Waals surface area contributed by atoms with Crippen molar-refractivity contribution in [3.63, 3.8) is 0 Å². The third-order valence-corrected chi connectivity index (χ3v) is 7.82. The lowest BCUT2D eigenvalue weighted by molar-refractivity contribution is -0.275. The van der Waals surface area contributed by atoms with E-state index in [4.69, 9.17) is 0 Å². The lowest BCUT2D eigenvalue weighted by Gasteiger charge is -2.27. The minimum Gasteiger partial charge on any atom is -0.406 e. The summed E-state index contributed by atoms with van der Waals surface area (Å²) in [7, 11) is -4.41. The second-order valence-corrected chi connectivity index (χ2v) is 11.5. The number of carbonyl (C=O) groups excluding carboxylic acids is 1. The predicted molar refractivity (Wildman–Crippen MR) is 138 cm³/mol. The lowest BCUT2D eigenvalue weighted by Crippen LogP contribution is -2.51. The molecule has 41 heavy (non-hydrogen) atoms. The van der Waals surface area contributed by atoms with Gasteiger partial charge in [0.1, 0.15) is 17.5 Å². The van der Waals surface area contributed by atoms with Crippen LogP contribution >= 0.6 is 0 Å². The molecule has 2 aromatic rings. The molecule has 0 spiro atoms. The number of amides is 1. The molecule has 2 aromatic carbocycles. The van der Waals surface area contributed by atoms with Crippen LogP contribution in [0.1, 0.15) is 45.4 Å². The van der Waals surface area contributed by atoms with Crippen LogP contribution in [0.15, 0.2) is 53.4 Å². The molecule has 0 heterocycles. The van der Waals surface area contributed by atoms with Gasteiger partial charge in [-0.15, -0.1) is 26.3 Å². The first-order valence-electron chi connectivity index (χ1n) is 12.9. The minimum absolute atomic E-state index is 0.0768. The van der Waals surface area contributed by atoms with E-state index in [1.807, 2.05) is 0 Å². The maximum atomic E-state index is 13.2. The van der Waals surface area contributed by atoms with E-state index in [0.29, 0.717) is 5.69 Å². The molecule has 0 aliphatic heterocycles. The van der Waals surface area contributed by atoms with Crippen molar-refractivity contribution in [3.8, 4) is 11.5 Å². The summed E-state index contributed by atoms with van der Waals surface area (Å²) in [6, 6.07) is 7.14. The first-order valence-corrected chi connectivity index (χ1v) is 14.4. The van der Waals surface area contributed by atoms with Crippen LogP contribution in [0.5, 0.6) is 11.5 Å². The van der Waals surface area contributed by atoms with E-state index < -0.39 is 57.1 Å².